The molecule has 2 aromatic heterocycles. The molecule has 0 aliphatic heterocycles. The first-order valence-electron chi connectivity index (χ1n) is 6.51. The Kier molecular flexibility index (Phi) is 4.70. The Balaban J connectivity index is 2.15. The third-order valence-electron chi connectivity index (χ3n) is 2.87. The average Bonchev–Trinajstić information content (AvgIpc) is 3.03. The first-order chi connectivity index (χ1) is 9.90. The number of nitrogens with zero attached hydrogens (tertiary/aromatic N) is 3. The Morgan fingerprint density at radius 2 is 2.05 bits per heavy atom. The van der Waals surface area contributed by atoms with Gasteiger partial charge in [-0.25, -0.2) is 18.1 Å². The number of hydrogen-bond acceptors (Lipinski definition) is 6. The van der Waals surface area contributed by atoms with Crippen LogP contribution in [0.5, 0.6) is 0 Å². The van der Waals surface area contributed by atoms with Crippen molar-refractivity contribution >= 4 is 10.0 Å². The van der Waals surface area contributed by atoms with Crippen LogP contribution >= 0.6 is 0 Å². The number of hydrogen-bond donors (Lipinski definition) is 4. The maximum atomic E-state index is 12.3. The summed E-state index contributed by atoms with van der Waals surface area (Å²) in [5.74, 6) is 0.438. The molecule has 0 unspecified atom stereocenters. The van der Waals surface area contributed by atoms with Gasteiger partial charge in [0, 0.05) is 23.8 Å². The number of rotatable bonds is 7. The van der Waals surface area contributed by atoms with E-state index in [1.807, 2.05) is 13.8 Å². The van der Waals surface area contributed by atoms with E-state index in [-0.39, 0.29) is 17.6 Å². The van der Waals surface area contributed by atoms with Crippen molar-refractivity contribution in [2.45, 2.75) is 44.9 Å². The molecule has 4 N–H and O–H groups in total. The van der Waals surface area contributed by atoms with E-state index in [2.05, 4.69) is 35.4 Å². The second kappa shape index (κ2) is 6.33. The Bertz CT molecular complexity index is 676. The molecule has 0 bridgehead atoms. The van der Waals surface area contributed by atoms with Crippen LogP contribution in [0.3, 0.4) is 0 Å². The molecule has 0 spiro atoms. The van der Waals surface area contributed by atoms with Crippen LogP contribution < -0.4 is 10.0 Å². The van der Waals surface area contributed by atoms with Crippen molar-refractivity contribution in [3.63, 3.8) is 0 Å². The van der Waals surface area contributed by atoms with Crippen LogP contribution in [0.15, 0.2) is 11.4 Å². The van der Waals surface area contributed by atoms with Gasteiger partial charge in [0.15, 0.2) is 5.03 Å². The van der Waals surface area contributed by atoms with E-state index in [9.17, 15) is 8.42 Å². The van der Waals surface area contributed by atoms with E-state index in [0.717, 1.165) is 5.69 Å². The molecular weight excluding hydrogens is 294 g/mol. The summed E-state index contributed by atoms with van der Waals surface area (Å²) in [6.45, 7) is 6.24. The van der Waals surface area contributed by atoms with Gasteiger partial charge in [-0.3, -0.25) is 10.2 Å². The molecule has 10 heteroatoms. The van der Waals surface area contributed by atoms with E-state index in [0.29, 0.717) is 17.9 Å². The number of nitrogens with one attached hydrogen (secondary N) is 4. The Morgan fingerprint density at radius 1 is 1.29 bits per heavy atom. The Labute approximate surface area is 123 Å². The van der Waals surface area contributed by atoms with E-state index in [1.165, 1.54) is 6.33 Å². The molecule has 0 aromatic carbocycles. The quantitative estimate of drug-likeness (QED) is 0.561. The van der Waals surface area contributed by atoms with Crippen molar-refractivity contribution in [2.75, 3.05) is 0 Å². The Morgan fingerprint density at radius 3 is 2.67 bits per heavy atom. The van der Waals surface area contributed by atoms with Gasteiger partial charge in [0.2, 0.25) is 0 Å². The summed E-state index contributed by atoms with van der Waals surface area (Å²) in [6.07, 6.45) is 1.32. The third kappa shape index (κ3) is 3.86. The van der Waals surface area contributed by atoms with Gasteiger partial charge in [0.1, 0.15) is 12.2 Å². The monoisotopic (exact) mass is 313 g/mol. The molecular formula is C11H19N7O2S. The topological polar surface area (TPSA) is 128 Å². The lowest BCUT2D eigenvalue weighted by molar-refractivity contribution is 0.562. The van der Waals surface area contributed by atoms with Gasteiger partial charge in [-0.2, -0.15) is 10.2 Å². The molecule has 0 amide bonds. The largest absolute Gasteiger partial charge is 0.310 e. The van der Waals surface area contributed by atoms with Gasteiger partial charge in [-0.15, -0.1) is 0 Å². The van der Waals surface area contributed by atoms with Crippen LogP contribution in [0.2, 0.25) is 0 Å². The minimum absolute atomic E-state index is 0.00710. The SMILES string of the molecule is Cc1[nH]nc(S(=O)(=O)NCc2ncn[nH]2)c1CNC(C)C. The zero-order valence-corrected chi connectivity index (χ0v) is 13.0. The zero-order valence-electron chi connectivity index (χ0n) is 12.1. The highest BCUT2D eigenvalue weighted by molar-refractivity contribution is 7.89. The lowest BCUT2D eigenvalue weighted by Gasteiger charge is -2.09. The van der Waals surface area contributed by atoms with Gasteiger partial charge in [-0.1, -0.05) is 13.8 Å². The van der Waals surface area contributed by atoms with Crippen LogP contribution in [0, 0.1) is 6.92 Å². The maximum absolute atomic E-state index is 12.3. The number of sulfonamides is 1. The van der Waals surface area contributed by atoms with E-state index in [1.54, 1.807) is 6.92 Å². The number of aromatic amines is 2. The van der Waals surface area contributed by atoms with Gasteiger partial charge >= 0.3 is 0 Å². The lowest BCUT2D eigenvalue weighted by Crippen LogP contribution is -2.27. The van der Waals surface area contributed by atoms with E-state index in [4.69, 9.17) is 0 Å². The van der Waals surface area contributed by atoms with Crippen molar-refractivity contribution in [1.29, 1.82) is 0 Å². The molecule has 2 aromatic rings. The van der Waals surface area contributed by atoms with Crippen LogP contribution in [0.4, 0.5) is 0 Å². The summed E-state index contributed by atoms with van der Waals surface area (Å²) >= 11 is 0. The molecule has 2 rings (SSSR count). The van der Waals surface area contributed by atoms with Gasteiger partial charge in [0.25, 0.3) is 10.0 Å². The fraction of sp³-hybridized carbons (Fsp3) is 0.545. The van der Waals surface area contributed by atoms with Crippen LogP contribution in [0.25, 0.3) is 0 Å². The van der Waals surface area contributed by atoms with Gasteiger partial charge in [-0.05, 0) is 6.92 Å². The number of aromatic nitrogens is 5. The van der Waals surface area contributed by atoms with Crippen molar-refractivity contribution in [3.05, 3.63) is 23.4 Å². The third-order valence-corrected chi connectivity index (χ3v) is 4.24. The second-order valence-electron chi connectivity index (χ2n) is 4.92. The first-order valence-corrected chi connectivity index (χ1v) is 7.99. The van der Waals surface area contributed by atoms with E-state index < -0.39 is 10.0 Å². The maximum Gasteiger partial charge on any atom is 0.260 e. The highest BCUT2D eigenvalue weighted by atomic mass is 32.2. The molecule has 0 aliphatic rings. The highest BCUT2D eigenvalue weighted by Gasteiger charge is 2.23. The van der Waals surface area contributed by atoms with Crippen molar-refractivity contribution in [2.24, 2.45) is 0 Å². The minimum Gasteiger partial charge on any atom is -0.310 e. The van der Waals surface area contributed by atoms with Crippen molar-refractivity contribution < 1.29 is 8.42 Å². The van der Waals surface area contributed by atoms with Crippen molar-refractivity contribution in [3.8, 4) is 0 Å². The fourth-order valence-electron chi connectivity index (χ4n) is 1.71. The fourth-order valence-corrected chi connectivity index (χ4v) is 2.89. The van der Waals surface area contributed by atoms with Crippen molar-refractivity contribution in [1.82, 2.24) is 35.4 Å². The van der Waals surface area contributed by atoms with E-state index >= 15 is 0 Å². The van der Waals surface area contributed by atoms with Gasteiger partial charge < -0.3 is 5.32 Å². The molecule has 0 fully saturated rings. The highest BCUT2D eigenvalue weighted by Crippen LogP contribution is 2.16. The van der Waals surface area contributed by atoms with Crippen LogP contribution in [0.1, 0.15) is 30.9 Å². The van der Waals surface area contributed by atoms with Crippen LogP contribution in [-0.4, -0.2) is 39.8 Å². The zero-order chi connectivity index (χ0) is 15.5. The second-order valence-corrected chi connectivity index (χ2v) is 6.61. The normalized spacial score (nSPS) is 12.2. The number of H-pyrrole nitrogens is 2. The predicted molar refractivity (Wildman–Crippen MR) is 75.7 cm³/mol. The summed E-state index contributed by atoms with van der Waals surface area (Å²) in [7, 11) is -3.71. The average molecular weight is 313 g/mol. The summed E-state index contributed by atoms with van der Waals surface area (Å²) < 4.78 is 27.1. The molecule has 2 heterocycles. The molecule has 0 radical (unpaired) electrons. The van der Waals surface area contributed by atoms with Crippen LogP contribution in [-0.2, 0) is 23.1 Å². The first kappa shape index (κ1) is 15.6. The molecule has 21 heavy (non-hydrogen) atoms. The Hall–Kier alpha value is -1.78. The number of aryl methyl sites for hydroxylation is 1. The minimum atomic E-state index is -3.71. The summed E-state index contributed by atoms with van der Waals surface area (Å²) in [5.41, 5.74) is 1.36. The molecule has 0 saturated carbocycles. The predicted octanol–water partition coefficient (Wildman–Crippen LogP) is -0.187. The molecule has 0 saturated heterocycles. The molecule has 0 atom stereocenters. The molecule has 9 nitrogen and oxygen atoms in total. The lowest BCUT2D eigenvalue weighted by atomic mass is 10.2. The molecule has 0 aliphatic carbocycles. The standard InChI is InChI=1S/C11H19N7O2S/c1-7(2)12-4-9-8(3)16-18-11(9)21(19,20)15-5-10-13-6-14-17-10/h6-7,12,15H,4-5H2,1-3H3,(H,16,18)(H,13,14,17). The summed E-state index contributed by atoms with van der Waals surface area (Å²) in [4.78, 5) is 3.87. The van der Waals surface area contributed by atoms with Gasteiger partial charge in [0.05, 0.1) is 6.54 Å². The summed E-state index contributed by atoms with van der Waals surface area (Å²) in [6, 6.07) is 0.247. The summed E-state index contributed by atoms with van der Waals surface area (Å²) in [5, 5.41) is 16.1. The smallest absolute Gasteiger partial charge is 0.260 e. The molecule has 116 valence electrons.